The number of rotatable bonds is 9. The Bertz CT molecular complexity index is 879. The first-order valence-corrected chi connectivity index (χ1v) is 11.0. The van der Waals surface area contributed by atoms with E-state index in [0.29, 0.717) is 31.0 Å². The van der Waals surface area contributed by atoms with E-state index in [0.717, 1.165) is 25.7 Å². The van der Waals surface area contributed by atoms with Crippen molar-refractivity contribution < 1.29 is 23.8 Å². The molecule has 172 valence electrons. The van der Waals surface area contributed by atoms with Crippen LogP contribution in [0.4, 0.5) is 4.79 Å². The Kier molecular flexibility index (Phi) is 8.50. The molecule has 1 saturated carbocycles. The average Bonchev–Trinajstić information content (AvgIpc) is 2.84. The summed E-state index contributed by atoms with van der Waals surface area (Å²) in [6.45, 7) is 1.37. The van der Waals surface area contributed by atoms with E-state index in [1.54, 1.807) is 26.4 Å². The van der Waals surface area contributed by atoms with Crippen LogP contribution in [0.1, 0.15) is 41.6 Å². The number of para-hydroxylation sites is 1. The number of carbonyl (C=O) groups is 2. The molecular weight excluding hydrogens is 408 g/mol. The van der Waals surface area contributed by atoms with E-state index in [2.05, 4.69) is 22.8 Å². The van der Waals surface area contributed by atoms with Gasteiger partial charge in [0.05, 0.1) is 19.3 Å². The van der Waals surface area contributed by atoms with Gasteiger partial charge in [-0.1, -0.05) is 42.5 Å². The molecule has 2 N–H and O–H groups in total. The number of hydrogen-bond donors (Lipinski definition) is 2. The number of hydrogen-bond acceptors (Lipinski definition) is 5. The van der Waals surface area contributed by atoms with Crippen molar-refractivity contribution in [2.24, 2.45) is 0 Å². The van der Waals surface area contributed by atoms with Crippen molar-refractivity contribution in [2.45, 2.75) is 37.2 Å². The Morgan fingerprint density at radius 1 is 0.969 bits per heavy atom. The van der Waals surface area contributed by atoms with Crippen LogP contribution in [-0.4, -0.2) is 52.0 Å². The lowest BCUT2D eigenvalue weighted by molar-refractivity contribution is 0.0551. The first kappa shape index (κ1) is 23.6. The Hall–Kier alpha value is -3.06. The van der Waals surface area contributed by atoms with Crippen LogP contribution in [0.15, 0.2) is 54.6 Å². The van der Waals surface area contributed by atoms with Crippen LogP contribution < -0.4 is 15.4 Å². The van der Waals surface area contributed by atoms with E-state index in [9.17, 15) is 9.59 Å². The molecule has 0 radical (unpaired) electrons. The van der Waals surface area contributed by atoms with Crippen molar-refractivity contribution in [1.29, 1.82) is 0 Å². The van der Waals surface area contributed by atoms with Crippen LogP contribution in [0.5, 0.6) is 5.75 Å². The van der Waals surface area contributed by atoms with Gasteiger partial charge in [0.25, 0.3) is 5.91 Å². The van der Waals surface area contributed by atoms with Gasteiger partial charge in [0.1, 0.15) is 11.9 Å². The van der Waals surface area contributed by atoms with E-state index in [1.807, 2.05) is 30.3 Å². The quantitative estimate of drug-likeness (QED) is 0.581. The summed E-state index contributed by atoms with van der Waals surface area (Å²) in [4.78, 5) is 24.9. The Morgan fingerprint density at radius 2 is 1.66 bits per heavy atom. The number of carbonyl (C=O) groups excluding carboxylic acids is 2. The van der Waals surface area contributed by atoms with Gasteiger partial charge in [0.2, 0.25) is 0 Å². The molecule has 0 spiro atoms. The molecule has 32 heavy (non-hydrogen) atoms. The van der Waals surface area contributed by atoms with Gasteiger partial charge in [-0.05, 0) is 43.4 Å². The molecule has 0 aliphatic heterocycles. The molecule has 7 nitrogen and oxygen atoms in total. The molecular formula is C25H32N2O5. The van der Waals surface area contributed by atoms with E-state index in [1.165, 1.54) is 5.56 Å². The normalized spacial score (nSPS) is 20.2. The van der Waals surface area contributed by atoms with E-state index in [4.69, 9.17) is 14.2 Å². The minimum Gasteiger partial charge on any atom is -0.496 e. The van der Waals surface area contributed by atoms with Gasteiger partial charge < -0.3 is 24.8 Å². The third kappa shape index (κ3) is 6.01. The SMILES string of the molecule is COCCNC(=O)OC1CCC(CNC(=O)c2ccccc2OC)(c2ccccc2)CC1. The second-order valence-corrected chi connectivity index (χ2v) is 8.05. The highest BCUT2D eigenvalue weighted by molar-refractivity contribution is 5.96. The minimum absolute atomic E-state index is 0.140. The topological polar surface area (TPSA) is 85.9 Å². The molecule has 0 saturated heterocycles. The van der Waals surface area contributed by atoms with Gasteiger partial charge in [0.15, 0.2) is 0 Å². The van der Waals surface area contributed by atoms with Crippen molar-refractivity contribution in [1.82, 2.24) is 10.6 Å². The third-order valence-corrected chi connectivity index (χ3v) is 6.06. The van der Waals surface area contributed by atoms with E-state index < -0.39 is 6.09 Å². The lowest BCUT2D eigenvalue weighted by atomic mass is 9.68. The van der Waals surface area contributed by atoms with Crippen molar-refractivity contribution in [3.8, 4) is 5.75 Å². The predicted molar refractivity (Wildman–Crippen MR) is 122 cm³/mol. The van der Waals surface area contributed by atoms with Gasteiger partial charge in [-0.2, -0.15) is 0 Å². The Labute approximate surface area is 189 Å². The molecule has 1 aliphatic rings. The summed E-state index contributed by atoms with van der Waals surface area (Å²) in [6.07, 6.45) is 2.52. The lowest BCUT2D eigenvalue weighted by Crippen LogP contribution is -2.45. The molecule has 0 aromatic heterocycles. The van der Waals surface area contributed by atoms with Crippen LogP contribution in [0, 0.1) is 0 Å². The van der Waals surface area contributed by atoms with Gasteiger partial charge in [-0.15, -0.1) is 0 Å². The lowest BCUT2D eigenvalue weighted by Gasteiger charge is -2.40. The molecule has 2 aromatic carbocycles. The number of amides is 2. The van der Waals surface area contributed by atoms with Crippen molar-refractivity contribution in [3.63, 3.8) is 0 Å². The van der Waals surface area contributed by atoms with Crippen LogP contribution in [0.25, 0.3) is 0 Å². The zero-order valence-corrected chi connectivity index (χ0v) is 18.8. The first-order valence-electron chi connectivity index (χ1n) is 11.0. The number of nitrogens with one attached hydrogen (secondary N) is 2. The fourth-order valence-electron chi connectivity index (χ4n) is 4.25. The van der Waals surface area contributed by atoms with Gasteiger partial charge >= 0.3 is 6.09 Å². The molecule has 1 aliphatic carbocycles. The van der Waals surface area contributed by atoms with Gasteiger partial charge in [-0.3, -0.25) is 4.79 Å². The summed E-state index contributed by atoms with van der Waals surface area (Å²) in [5.74, 6) is 0.393. The third-order valence-electron chi connectivity index (χ3n) is 6.06. The fourth-order valence-corrected chi connectivity index (χ4v) is 4.25. The zero-order chi connectivity index (χ0) is 22.8. The maximum absolute atomic E-state index is 12.9. The molecule has 0 unspecified atom stereocenters. The van der Waals surface area contributed by atoms with Crippen molar-refractivity contribution in [3.05, 3.63) is 65.7 Å². The first-order chi connectivity index (χ1) is 15.6. The summed E-state index contributed by atoms with van der Waals surface area (Å²) < 4.78 is 15.9. The molecule has 3 rings (SSSR count). The second kappa shape index (κ2) is 11.5. The zero-order valence-electron chi connectivity index (χ0n) is 18.8. The van der Waals surface area contributed by atoms with Crippen molar-refractivity contribution >= 4 is 12.0 Å². The average molecular weight is 441 g/mol. The Morgan fingerprint density at radius 3 is 2.34 bits per heavy atom. The second-order valence-electron chi connectivity index (χ2n) is 8.05. The maximum atomic E-state index is 12.9. The minimum atomic E-state index is -0.413. The number of ether oxygens (including phenoxy) is 3. The Balaban J connectivity index is 1.65. The smallest absolute Gasteiger partial charge is 0.407 e. The summed E-state index contributed by atoms with van der Waals surface area (Å²) in [7, 11) is 3.15. The summed E-state index contributed by atoms with van der Waals surface area (Å²) in [5.41, 5.74) is 1.48. The fraction of sp³-hybridized carbons (Fsp3) is 0.440. The molecule has 0 heterocycles. The number of methoxy groups -OCH3 is 2. The van der Waals surface area contributed by atoms with Crippen LogP contribution in [0.3, 0.4) is 0 Å². The number of alkyl carbamates (subject to hydrolysis) is 1. The highest BCUT2D eigenvalue weighted by atomic mass is 16.6. The molecule has 7 heteroatoms. The van der Waals surface area contributed by atoms with E-state index in [-0.39, 0.29) is 17.4 Å². The molecule has 0 bridgehead atoms. The molecule has 1 fully saturated rings. The standard InChI is InChI=1S/C25H32N2O5/c1-30-17-16-26-24(29)32-20-12-14-25(15-13-20,19-8-4-3-5-9-19)18-27-23(28)21-10-6-7-11-22(21)31-2/h3-11,20H,12-18H2,1-2H3,(H,26,29)(H,27,28). The van der Waals surface area contributed by atoms with Gasteiger partial charge in [0, 0.05) is 25.6 Å². The predicted octanol–water partition coefficient (Wildman–Crippen LogP) is 3.68. The van der Waals surface area contributed by atoms with Crippen LogP contribution in [0.2, 0.25) is 0 Å². The van der Waals surface area contributed by atoms with Crippen LogP contribution >= 0.6 is 0 Å². The molecule has 2 amide bonds. The summed E-state index contributed by atoms with van der Waals surface area (Å²) in [6, 6.07) is 17.4. The van der Waals surface area contributed by atoms with E-state index >= 15 is 0 Å². The molecule has 0 atom stereocenters. The monoisotopic (exact) mass is 440 g/mol. The highest BCUT2D eigenvalue weighted by Crippen LogP contribution is 2.40. The number of benzene rings is 2. The maximum Gasteiger partial charge on any atom is 0.407 e. The largest absolute Gasteiger partial charge is 0.496 e. The highest BCUT2D eigenvalue weighted by Gasteiger charge is 2.38. The summed E-state index contributed by atoms with van der Waals surface area (Å²) in [5, 5.41) is 5.82. The van der Waals surface area contributed by atoms with Crippen LogP contribution in [-0.2, 0) is 14.9 Å². The summed E-state index contributed by atoms with van der Waals surface area (Å²) >= 11 is 0. The molecule has 2 aromatic rings. The van der Waals surface area contributed by atoms with Crippen molar-refractivity contribution in [2.75, 3.05) is 33.9 Å². The van der Waals surface area contributed by atoms with Gasteiger partial charge in [-0.25, -0.2) is 4.79 Å².